The van der Waals surface area contributed by atoms with E-state index in [1.54, 1.807) is 12.1 Å². The minimum absolute atomic E-state index is 0.00585. The molecule has 192 valence electrons. The maximum Gasteiger partial charge on any atom is 0.301 e. The number of thioether (sulfide) groups is 1. The first-order chi connectivity index (χ1) is 19.0. The summed E-state index contributed by atoms with van der Waals surface area (Å²) in [7, 11) is 0. The van der Waals surface area contributed by atoms with Gasteiger partial charge in [0.2, 0.25) is 5.13 Å². The Morgan fingerprint density at radius 1 is 0.949 bits per heavy atom. The number of hydrogen-bond donors (Lipinski definition) is 1. The number of fused-ring (bicyclic) bond motifs is 1. The molecule has 0 bridgehead atoms. The van der Waals surface area contributed by atoms with E-state index in [4.69, 9.17) is 0 Å². The Morgan fingerprint density at radius 2 is 1.69 bits per heavy atom. The van der Waals surface area contributed by atoms with Crippen LogP contribution in [0.2, 0.25) is 0 Å². The fourth-order valence-electron chi connectivity index (χ4n) is 4.57. The highest BCUT2D eigenvalue weighted by atomic mass is 79.9. The molecule has 6 rings (SSSR count). The molecule has 1 aliphatic rings. The van der Waals surface area contributed by atoms with Gasteiger partial charge in [0.05, 0.1) is 11.6 Å². The van der Waals surface area contributed by atoms with Crippen molar-refractivity contribution in [1.29, 1.82) is 0 Å². The van der Waals surface area contributed by atoms with Crippen LogP contribution in [0.4, 0.5) is 5.13 Å². The van der Waals surface area contributed by atoms with Crippen LogP contribution >= 0.6 is 39.0 Å². The number of nitrogens with zero attached hydrogens (tertiary/aromatic N) is 4. The number of aliphatic hydroxyl groups excluding tert-OH is 1. The first-order valence-electron chi connectivity index (χ1n) is 11.9. The standard InChI is InChI=1S/C29H19BrN4O3S2/c30-21-10-8-18(9-11-21)24-23(25(35)19-12-14-31-15-13-19)26(36)27(37)34(24)28-32-33-29(39-28)38-16-20-6-3-5-17-4-1-2-7-22(17)20/h1-15,24,35H,16H2/b25-23+. The molecular weight excluding hydrogens is 596 g/mol. The SMILES string of the molecule is O=C1C(=O)N(c2nnc(SCc3cccc4ccccc34)s2)C(c2ccc(Br)cc2)/C1=C(\O)c1ccncc1. The van der Waals surface area contributed by atoms with E-state index in [1.165, 1.54) is 56.7 Å². The minimum Gasteiger partial charge on any atom is -0.507 e. The van der Waals surface area contributed by atoms with E-state index in [0.29, 0.717) is 26.4 Å². The van der Waals surface area contributed by atoms with E-state index in [1.807, 2.05) is 42.5 Å². The van der Waals surface area contributed by atoms with Gasteiger partial charge in [-0.25, -0.2) is 0 Å². The molecule has 0 radical (unpaired) electrons. The number of benzene rings is 3. The van der Waals surface area contributed by atoms with Crippen LogP contribution in [0.5, 0.6) is 0 Å². The van der Waals surface area contributed by atoms with Crippen LogP contribution in [-0.4, -0.2) is 32.0 Å². The highest BCUT2D eigenvalue weighted by molar-refractivity contribution is 9.10. The number of carbonyl (C=O) groups is 2. The molecule has 1 unspecified atom stereocenters. The molecule has 1 fully saturated rings. The number of Topliss-reactive ketones (excluding diaryl/α,β-unsaturated/α-hetero) is 1. The van der Waals surface area contributed by atoms with Gasteiger partial charge in [0.25, 0.3) is 5.78 Å². The molecule has 3 heterocycles. The lowest BCUT2D eigenvalue weighted by molar-refractivity contribution is -0.132. The second kappa shape index (κ2) is 10.7. The third kappa shape index (κ3) is 4.87. The summed E-state index contributed by atoms with van der Waals surface area (Å²) in [5, 5.41) is 22.4. The Bertz CT molecular complexity index is 1730. The topological polar surface area (TPSA) is 96.3 Å². The molecule has 1 N–H and O–H groups in total. The number of aliphatic hydroxyl groups is 1. The quantitative estimate of drug-likeness (QED) is 0.0741. The summed E-state index contributed by atoms with van der Waals surface area (Å²) in [5.74, 6) is -1.13. The summed E-state index contributed by atoms with van der Waals surface area (Å²) in [6, 6.07) is 24.0. The largest absolute Gasteiger partial charge is 0.507 e. The molecule has 0 saturated carbocycles. The van der Waals surface area contributed by atoms with E-state index < -0.39 is 17.7 Å². The van der Waals surface area contributed by atoms with Crippen LogP contribution in [-0.2, 0) is 15.3 Å². The van der Waals surface area contributed by atoms with Gasteiger partial charge in [-0.05, 0) is 46.2 Å². The van der Waals surface area contributed by atoms with Crippen molar-refractivity contribution in [2.45, 2.75) is 16.1 Å². The Hall–Kier alpha value is -3.86. The Morgan fingerprint density at radius 3 is 2.49 bits per heavy atom. The van der Waals surface area contributed by atoms with Crippen molar-refractivity contribution in [3.63, 3.8) is 0 Å². The van der Waals surface area contributed by atoms with Crippen molar-refractivity contribution in [2.24, 2.45) is 0 Å². The number of amides is 1. The van der Waals surface area contributed by atoms with Crippen molar-refractivity contribution in [2.75, 3.05) is 4.90 Å². The molecular formula is C29H19BrN4O3S2. The Balaban J connectivity index is 1.36. The second-order valence-corrected chi connectivity index (χ2v) is 11.8. The van der Waals surface area contributed by atoms with Crippen LogP contribution in [0, 0.1) is 0 Å². The summed E-state index contributed by atoms with van der Waals surface area (Å²) in [6.45, 7) is 0. The van der Waals surface area contributed by atoms with E-state index in [0.717, 1.165) is 4.47 Å². The van der Waals surface area contributed by atoms with E-state index >= 15 is 0 Å². The molecule has 1 atom stereocenters. The van der Waals surface area contributed by atoms with Gasteiger partial charge in [0, 0.05) is 28.2 Å². The van der Waals surface area contributed by atoms with Crippen molar-refractivity contribution in [3.05, 3.63) is 118 Å². The number of anilines is 1. The van der Waals surface area contributed by atoms with Gasteiger partial charge in [-0.2, -0.15) is 0 Å². The first-order valence-corrected chi connectivity index (χ1v) is 14.5. The summed E-state index contributed by atoms with van der Waals surface area (Å²) in [6.07, 6.45) is 3.04. The molecule has 39 heavy (non-hydrogen) atoms. The number of ketones is 1. The zero-order valence-electron chi connectivity index (χ0n) is 20.2. The van der Waals surface area contributed by atoms with E-state index in [2.05, 4.69) is 55.4 Å². The number of hydrogen-bond acceptors (Lipinski definition) is 8. The lowest BCUT2D eigenvalue weighted by Gasteiger charge is -2.22. The van der Waals surface area contributed by atoms with Gasteiger partial charge in [0.15, 0.2) is 4.34 Å². The second-order valence-electron chi connectivity index (χ2n) is 8.73. The maximum atomic E-state index is 13.4. The van der Waals surface area contributed by atoms with Crippen LogP contribution in [0.3, 0.4) is 0 Å². The molecule has 1 aliphatic heterocycles. The molecule has 1 amide bonds. The molecule has 0 spiro atoms. The van der Waals surface area contributed by atoms with Crippen molar-refractivity contribution in [3.8, 4) is 0 Å². The highest BCUT2D eigenvalue weighted by Gasteiger charge is 2.48. The number of carbonyl (C=O) groups excluding carboxylic acids is 2. The lowest BCUT2D eigenvalue weighted by atomic mass is 9.96. The normalized spacial score (nSPS) is 16.7. The Labute approximate surface area is 240 Å². The van der Waals surface area contributed by atoms with Crippen LogP contribution < -0.4 is 4.90 Å². The molecule has 0 aliphatic carbocycles. The third-order valence-corrected chi connectivity index (χ3v) is 9.05. The summed E-state index contributed by atoms with van der Waals surface area (Å²) >= 11 is 6.20. The summed E-state index contributed by atoms with van der Waals surface area (Å²) in [5.41, 5.74) is 2.22. The number of halogens is 1. The maximum absolute atomic E-state index is 13.4. The minimum atomic E-state index is -0.866. The van der Waals surface area contributed by atoms with Gasteiger partial charge in [-0.1, -0.05) is 93.6 Å². The average molecular weight is 616 g/mol. The van der Waals surface area contributed by atoms with Crippen molar-refractivity contribution < 1.29 is 14.7 Å². The highest BCUT2D eigenvalue weighted by Crippen LogP contribution is 2.44. The summed E-state index contributed by atoms with van der Waals surface area (Å²) in [4.78, 5) is 32.0. The molecule has 7 nitrogen and oxygen atoms in total. The van der Waals surface area contributed by atoms with E-state index in [-0.39, 0.29) is 11.3 Å². The first kappa shape index (κ1) is 25.4. The molecule has 3 aromatic carbocycles. The molecule has 10 heteroatoms. The van der Waals surface area contributed by atoms with Crippen LogP contribution in [0.15, 0.2) is 106 Å². The Kier molecular flexibility index (Phi) is 6.99. The van der Waals surface area contributed by atoms with Crippen molar-refractivity contribution >= 4 is 72.4 Å². The molecule has 2 aromatic heterocycles. The zero-order valence-corrected chi connectivity index (χ0v) is 23.4. The van der Waals surface area contributed by atoms with Gasteiger partial charge in [-0.3, -0.25) is 19.5 Å². The number of rotatable bonds is 6. The van der Waals surface area contributed by atoms with Crippen LogP contribution in [0.25, 0.3) is 16.5 Å². The fourth-order valence-corrected chi connectivity index (χ4v) is 6.71. The number of aromatic nitrogens is 3. The van der Waals surface area contributed by atoms with Gasteiger partial charge < -0.3 is 5.11 Å². The number of pyridine rings is 1. The van der Waals surface area contributed by atoms with Crippen molar-refractivity contribution in [1.82, 2.24) is 15.2 Å². The third-order valence-electron chi connectivity index (χ3n) is 6.42. The average Bonchev–Trinajstić information content (AvgIpc) is 3.54. The predicted octanol–water partition coefficient (Wildman–Crippen LogP) is 6.77. The fraction of sp³-hybridized carbons (Fsp3) is 0.0690. The van der Waals surface area contributed by atoms with E-state index in [9.17, 15) is 14.7 Å². The molecule has 5 aromatic rings. The molecule has 1 saturated heterocycles. The monoisotopic (exact) mass is 614 g/mol. The zero-order chi connectivity index (χ0) is 26.9. The smallest absolute Gasteiger partial charge is 0.301 e. The van der Waals surface area contributed by atoms with Gasteiger partial charge in [0.1, 0.15) is 5.76 Å². The lowest BCUT2D eigenvalue weighted by Crippen LogP contribution is -2.29. The predicted molar refractivity (Wildman–Crippen MR) is 157 cm³/mol. The van der Waals surface area contributed by atoms with Gasteiger partial charge in [-0.15, -0.1) is 10.2 Å². The summed E-state index contributed by atoms with van der Waals surface area (Å²) < 4.78 is 1.52. The van der Waals surface area contributed by atoms with Crippen LogP contribution in [0.1, 0.15) is 22.7 Å². The van der Waals surface area contributed by atoms with Gasteiger partial charge >= 0.3 is 5.91 Å².